The van der Waals surface area contributed by atoms with E-state index in [1.54, 1.807) is 0 Å². The molecule has 0 spiro atoms. The Balaban J connectivity index is 2.35. The summed E-state index contributed by atoms with van der Waals surface area (Å²) in [5, 5.41) is 14.0. The van der Waals surface area contributed by atoms with E-state index >= 15 is 0 Å². The molecule has 2 rings (SSSR count). The molecule has 0 aliphatic rings. The van der Waals surface area contributed by atoms with Gasteiger partial charge in [-0.15, -0.1) is 0 Å². The Bertz CT molecular complexity index is 797. The average Bonchev–Trinajstić information content (AvgIpc) is 2.74. The number of hydrogen-bond acceptors (Lipinski definition) is 4. The summed E-state index contributed by atoms with van der Waals surface area (Å²) in [6.07, 6.45) is 0.0615. The van der Waals surface area contributed by atoms with E-state index in [2.05, 4.69) is 50.4 Å². The largest absolute Gasteiger partial charge is 0.481 e. The molecule has 1 atom stereocenters. The summed E-state index contributed by atoms with van der Waals surface area (Å²) in [4.78, 5) is 23.7. The fourth-order valence-corrected chi connectivity index (χ4v) is 8.52. The van der Waals surface area contributed by atoms with Crippen molar-refractivity contribution in [3.05, 3.63) is 60.7 Å². The lowest BCUT2D eigenvalue weighted by Crippen LogP contribution is -2.66. The van der Waals surface area contributed by atoms with Crippen LogP contribution in [-0.2, 0) is 18.8 Å². The second-order valence-corrected chi connectivity index (χ2v) is 12.9. The molecule has 0 saturated heterocycles. The zero-order chi connectivity index (χ0) is 22.9. The third-order valence-corrected chi connectivity index (χ3v) is 10.4. The van der Waals surface area contributed by atoms with Crippen LogP contribution in [0.5, 0.6) is 0 Å². The molecule has 0 radical (unpaired) electrons. The number of carboxylic acids is 1. The van der Waals surface area contributed by atoms with E-state index in [9.17, 15) is 14.7 Å². The van der Waals surface area contributed by atoms with E-state index in [-0.39, 0.29) is 30.7 Å². The van der Waals surface area contributed by atoms with Crippen molar-refractivity contribution in [2.24, 2.45) is 5.92 Å². The molecule has 0 aliphatic carbocycles. The molecule has 0 aromatic heterocycles. The van der Waals surface area contributed by atoms with Crippen molar-refractivity contribution in [3.8, 4) is 0 Å². The maximum atomic E-state index is 12.4. The first-order valence-corrected chi connectivity index (χ1v) is 12.4. The minimum atomic E-state index is -2.72. The Hall–Kier alpha value is -2.48. The lowest BCUT2D eigenvalue weighted by molar-refractivity contribution is -0.141. The van der Waals surface area contributed by atoms with Crippen LogP contribution >= 0.6 is 0 Å². The summed E-state index contributed by atoms with van der Waals surface area (Å²) >= 11 is 0. The van der Waals surface area contributed by atoms with Crippen LogP contribution < -0.4 is 15.7 Å². The zero-order valence-corrected chi connectivity index (χ0v) is 19.8. The first-order chi connectivity index (χ1) is 14.7. The van der Waals surface area contributed by atoms with E-state index in [0.29, 0.717) is 6.42 Å². The first kappa shape index (κ1) is 24.8. The van der Waals surface area contributed by atoms with Crippen LogP contribution in [0.1, 0.15) is 33.6 Å². The molecule has 1 unspecified atom stereocenters. The van der Waals surface area contributed by atoms with Gasteiger partial charge in [-0.2, -0.15) is 0 Å². The molecule has 6 nitrogen and oxygen atoms in total. The number of nitrogens with one attached hydrogen (secondary N) is 1. The number of rotatable bonds is 11. The highest BCUT2D eigenvalue weighted by molar-refractivity contribution is 6.99. The van der Waals surface area contributed by atoms with Crippen molar-refractivity contribution >= 4 is 30.6 Å². The fourth-order valence-electron chi connectivity index (χ4n) is 3.94. The molecule has 31 heavy (non-hydrogen) atoms. The van der Waals surface area contributed by atoms with Crippen LogP contribution in [0.4, 0.5) is 0 Å². The molecule has 2 aromatic rings. The second kappa shape index (κ2) is 11.2. The zero-order valence-electron chi connectivity index (χ0n) is 18.8. The Morgan fingerprint density at radius 2 is 1.52 bits per heavy atom. The Labute approximate surface area is 185 Å². The maximum Gasteiger partial charge on any atom is 0.304 e. The lowest BCUT2D eigenvalue weighted by Gasteiger charge is -2.43. The summed E-state index contributed by atoms with van der Waals surface area (Å²) in [6, 6.07) is 20.4. The SMILES string of the molecule is COCNC(=O)C(CCO[Si](c1ccccc1)(c1ccccc1)C(C)(C)C)CC(=O)O. The van der Waals surface area contributed by atoms with E-state index in [0.717, 1.165) is 10.4 Å². The molecular weight excluding hydrogens is 410 g/mol. The van der Waals surface area contributed by atoms with Gasteiger partial charge in [-0.05, 0) is 21.8 Å². The predicted molar refractivity (Wildman–Crippen MR) is 124 cm³/mol. The standard InChI is InChI=1S/C24H33NO5Si/c1-24(2,3)31(20-11-7-5-8-12-20,21-13-9-6-10-14-21)30-16-15-19(17-22(26)27)23(28)25-18-29-4/h5-14,19H,15-18H2,1-4H3,(H,25,28)(H,26,27). The molecule has 7 heteroatoms. The van der Waals surface area contributed by atoms with Gasteiger partial charge >= 0.3 is 5.97 Å². The van der Waals surface area contributed by atoms with Crippen LogP contribution in [0, 0.1) is 5.92 Å². The van der Waals surface area contributed by atoms with Crippen LogP contribution in [0.2, 0.25) is 5.04 Å². The van der Waals surface area contributed by atoms with Crippen molar-refractivity contribution in [1.29, 1.82) is 0 Å². The fraction of sp³-hybridized carbons (Fsp3) is 0.417. The van der Waals surface area contributed by atoms with Gasteiger partial charge in [-0.3, -0.25) is 9.59 Å². The van der Waals surface area contributed by atoms with Gasteiger partial charge in [0.1, 0.15) is 6.73 Å². The van der Waals surface area contributed by atoms with E-state index in [1.165, 1.54) is 7.11 Å². The van der Waals surface area contributed by atoms with Crippen LogP contribution in [0.25, 0.3) is 0 Å². The maximum absolute atomic E-state index is 12.4. The highest BCUT2D eigenvalue weighted by Gasteiger charge is 2.50. The topological polar surface area (TPSA) is 84.9 Å². The summed E-state index contributed by atoms with van der Waals surface area (Å²) < 4.78 is 11.7. The molecule has 0 aliphatic heterocycles. The van der Waals surface area contributed by atoms with E-state index in [1.807, 2.05) is 36.4 Å². The monoisotopic (exact) mass is 443 g/mol. The number of benzene rings is 2. The van der Waals surface area contributed by atoms with Crippen molar-refractivity contribution < 1.29 is 23.9 Å². The Morgan fingerprint density at radius 1 is 1.00 bits per heavy atom. The number of methoxy groups -OCH3 is 1. The number of carbonyl (C=O) groups is 2. The summed E-state index contributed by atoms with van der Waals surface area (Å²) in [5.41, 5.74) is 0. The van der Waals surface area contributed by atoms with E-state index in [4.69, 9.17) is 9.16 Å². The molecule has 1 amide bonds. The number of aliphatic carboxylic acids is 1. The molecule has 168 valence electrons. The number of amides is 1. The Morgan fingerprint density at radius 3 is 1.94 bits per heavy atom. The van der Waals surface area contributed by atoms with Gasteiger partial charge in [0.05, 0.1) is 12.3 Å². The summed E-state index contributed by atoms with van der Waals surface area (Å²) in [7, 11) is -1.25. The van der Waals surface area contributed by atoms with Crippen LogP contribution in [-0.4, -0.2) is 45.7 Å². The van der Waals surface area contributed by atoms with Crippen LogP contribution in [0.15, 0.2) is 60.7 Å². The van der Waals surface area contributed by atoms with Gasteiger partial charge in [0.2, 0.25) is 5.91 Å². The molecule has 0 heterocycles. The molecule has 2 aromatic carbocycles. The van der Waals surface area contributed by atoms with Crippen molar-refractivity contribution in [3.63, 3.8) is 0 Å². The third kappa shape index (κ3) is 6.26. The van der Waals surface area contributed by atoms with Gasteiger partial charge in [-0.25, -0.2) is 0 Å². The highest BCUT2D eigenvalue weighted by Crippen LogP contribution is 2.37. The minimum absolute atomic E-state index is 0.0461. The van der Waals surface area contributed by atoms with Gasteiger partial charge in [0, 0.05) is 13.7 Å². The minimum Gasteiger partial charge on any atom is -0.481 e. The van der Waals surface area contributed by atoms with Crippen molar-refractivity contribution in [2.45, 2.75) is 38.7 Å². The first-order valence-electron chi connectivity index (χ1n) is 10.5. The number of carboxylic acid groups (broad SMARTS) is 1. The molecule has 2 N–H and O–H groups in total. The normalized spacial score (nSPS) is 12.9. The Kier molecular flexibility index (Phi) is 8.97. The third-order valence-electron chi connectivity index (χ3n) is 5.38. The lowest BCUT2D eigenvalue weighted by atomic mass is 10.0. The quantitative estimate of drug-likeness (QED) is 0.412. The van der Waals surface area contributed by atoms with Gasteiger partial charge < -0.3 is 19.6 Å². The highest BCUT2D eigenvalue weighted by atomic mass is 28.4. The predicted octanol–water partition coefficient (Wildman–Crippen LogP) is 2.76. The molecular formula is C24H33NO5Si. The summed E-state index contributed by atoms with van der Waals surface area (Å²) in [5.74, 6) is -2.04. The van der Waals surface area contributed by atoms with Gasteiger partial charge in [0.25, 0.3) is 8.32 Å². The second-order valence-electron chi connectivity index (χ2n) is 8.57. The number of ether oxygens (including phenoxy) is 1. The van der Waals surface area contributed by atoms with Crippen molar-refractivity contribution in [1.82, 2.24) is 5.32 Å². The van der Waals surface area contributed by atoms with Crippen molar-refractivity contribution in [2.75, 3.05) is 20.4 Å². The molecule has 0 fully saturated rings. The molecule has 0 bridgehead atoms. The number of carbonyl (C=O) groups excluding carboxylic acids is 1. The van der Waals surface area contributed by atoms with E-state index < -0.39 is 20.2 Å². The van der Waals surface area contributed by atoms with Gasteiger partial charge in [0.15, 0.2) is 0 Å². The summed E-state index contributed by atoms with van der Waals surface area (Å²) in [6.45, 7) is 6.87. The molecule has 0 saturated carbocycles. The average molecular weight is 444 g/mol. The smallest absolute Gasteiger partial charge is 0.304 e. The number of hydrogen-bond donors (Lipinski definition) is 2. The van der Waals surface area contributed by atoms with Crippen LogP contribution in [0.3, 0.4) is 0 Å². The van der Waals surface area contributed by atoms with Gasteiger partial charge in [-0.1, -0.05) is 81.4 Å².